The molecule has 1 saturated heterocycles. The minimum atomic E-state index is 0.197. The van der Waals surface area contributed by atoms with E-state index >= 15 is 0 Å². The fourth-order valence-electron chi connectivity index (χ4n) is 3.38. The Bertz CT molecular complexity index is 661. The number of hydrogen-bond donors (Lipinski definition) is 0. The molecule has 0 saturated carbocycles. The van der Waals surface area contributed by atoms with Gasteiger partial charge in [-0.3, -0.25) is 9.69 Å². The summed E-state index contributed by atoms with van der Waals surface area (Å²) in [5.74, 6) is 1.38. The molecular formula is C21H25NO2. The highest BCUT2D eigenvalue weighted by molar-refractivity contribution is 5.83. The van der Waals surface area contributed by atoms with Crippen molar-refractivity contribution in [3.8, 4) is 5.75 Å². The Balaban J connectivity index is 1.49. The van der Waals surface area contributed by atoms with E-state index in [0.717, 1.165) is 43.8 Å². The lowest BCUT2D eigenvalue weighted by Gasteiger charge is -2.31. The maximum absolute atomic E-state index is 12.6. The van der Waals surface area contributed by atoms with Gasteiger partial charge in [0.1, 0.15) is 11.5 Å². The second kappa shape index (κ2) is 8.11. The number of piperidine rings is 1. The molecule has 0 radical (unpaired) electrons. The Morgan fingerprint density at radius 3 is 2.46 bits per heavy atom. The fraction of sp³-hybridized carbons (Fsp3) is 0.381. The Kier molecular flexibility index (Phi) is 5.65. The Hall–Kier alpha value is -2.13. The summed E-state index contributed by atoms with van der Waals surface area (Å²) in [5.41, 5.74) is 2.39. The molecule has 1 aliphatic rings. The lowest BCUT2D eigenvalue weighted by molar-refractivity contribution is -0.123. The van der Waals surface area contributed by atoms with Gasteiger partial charge in [0, 0.05) is 18.9 Å². The van der Waals surface area contributed by atoms with Crippen molar-refractivity contribution in [2.45, 2.75) is 25.8 Å². The van der Waals surface area contributed by atoms with Crippen molar-refractivity contribution in [2.75, 3.05) is 20.2 Å². The second-order valence-corrected chi connectivity index (χ2v) is 6.53. The number of Topliss-reactive ketones (excluding diaryl/α,β-unsaturated/α-hetero) is 1. The maximum Gasteiger partial charge on any atom is 0.140 e. The summed E-state index contributed by atoms with van der Waals surface area (Å²) in [6, 6.07) is 18.4. The van der Waals surface area contributed by atoms with Gasteiger partial charge in [-0.25, -0.2) is 0 Å². The van der Waals surface area contributed by atoms with Crippen LogP contribution in [-0.2, 0) is 17.8 Å². The Labute approximate surface area is 144 Å². The fourth-order valence-corrected chi connectivity index (χ4v) is 3.38. The number of likely N-dealkylation sites (tertiary alicyclic amines) is 1. The molecule has 0 aromatic heterocycles. The SMILES string of the molecule is COc1cccc(CC(=O)C2CCN(Cc3ccccc3)CC2)c1. The summed E-state index contributed by atoms with van der Waals surface area (Å²) < 4.78 is 5.23. The van der Waals surface area contributed by atoms with Crippen LogP contribution in [0.5, 0.6) is 5.75 Å². The number of rotatable bonds is 6. The van der Waals surface area contributed by atoms with E-state index in [9.17, 15) is 4.79 Å². The smallest absolute Gasteiger partial charge is 0.140 e. The molecule has 3 heteroatoms. The topological polar surface area (TPSA) is 29.5 Å². The minimum Gasteiger partial charge on any atom is -0.497 e. The molecular weight excluding hydrogens is 298 g/mol. The molecule has 0 atom stereocenters. The normalized spacial score (nSPS) is 16.0. The summed E-state index contributed by atoms with van der Waals surface area (Å²) >= 11 is 0. The van der Waals surface area contributed by atoms with E-state index in [4.69, 9.17) is 4.74 Å². The first kappa shape index (κ1) is 16.7. The van der Waals surface area contributed by atoms with Crippen LogP contribution in [0.2, 0.25) is 0 Å². The largest absolute Gasteiger partial charge is 0.497 e. The lowest BCUT2D eigenvalue weighted by atomic mass is 9.89. The summed E-state index contributed by atoms with van der Waals surface area (Å²) in [6.45, 7) is 2.99. The van der Waals surface area contributed by atoms with Gasteiger partial charge in [-0.05, 0) is 49.2 Å². The van der Waals surface area contributed by atoms with Crippen LogP contribution < -0.4 is 4.74 Å². The van der Waals surface area contributed by atoms with Crippen LogP contribution in [0.1, 0.15) is 24.0 Å². The molecule has 0 aliphatic carbocycles. The van der Waals surface area contributed by atoms with Gasteiger partial charge in [-0.2, -0.15) is 0 Å². The minimum absolute atomic E-state index is 0.197. The van der Waals surface area contributed by atoms with Crippen molar-refractivity contribution in [2.24, 2.45) is 5.92 Å². The van der Waals surface area contributed by atoms with Gasteiger partial charge in [0.05, 0.1) is 7.11 Å². The van der Waals surface area contributed by atoms with Crippen LogP contribution >= 0.6 is 0 Å². The zero-order valence-corrected chi connectivity index (χ0v) is 14.3. The first-order valence-corrected chi connectivity index (χ1v) is 8.66. The number of ether oxygens (including phenoxy) is 1. The van der Waals surface area contributed by atoms with E-state index in [2.05, 4.69) is 29.2 Å². The molecule has 0 spiro atoms. The molecule has 2 aromatic carbocycles. The highest BCUT2D eigenvalue weighted by Gasteiger charge is 2.24. The summed E-state index contributed by atoms with van der Waals surface area (Å²) in [7, 11) is 1.66. The molecule has 1 heterocycles. The van der Waals surface area contributed by atoms with Gasteiger partial charge < -0.3 is 4.74 Å². The van der Waals surface area contributed by atoms with Crippen LogP contribution in [0.15, 0.2) is 54.6 Å². The van der Waals surface area contributed by atoms with Gasteiger partial charge in [-0.1, -0.05) is 42.5 Å². The molecule has 0 unspecified atom stereocenters. The van der Waals surface area contributed by atoms with Crippen LogP contribution in [0.25, 0.3) is 0 Å². The summed E-state index contributed by atoms with van der Waals surface area (Å²) in [6.07, 6.45) is 2.45. The molecule has 24 heavy (non-hydrogen) atoms. The van der Waals surface area contributed by atoms with Crippen molar-refractivity contribution in [3.63, 3.8) is 0 Å². The number of hydrogen-bond acceptors (Lipinski definition) is 3. The number of carbonyl (C=O) groups excluding carboxylic acids is 1. The molecule has 0 bridgehead atoms. The van der Waals surface area contributed by atoms with Crippen LogP contribution in [0.4, 0.5) is 0 Å². The summed E-state index contributed by atoms with van der Waals surface area (Å²) in [4.78, 5) is 15.0. The zero-order chi connectivity index (χ0) is 16.8. The number of methoxy groups -OCH3 is 1. The zero-order valence-electron chi connectivity index (χ0n) is 14.3. The first-order valence-electron chi connectivity index (χ1n) is 8.66. The molecule has 1 fully saturated rings. The highest BCUT2D eigenvalue weighted by atomic mass is 16.5. The van der Waals surface area contributed by atoms with Crippen molar-refractivity contribution in [3.05, 3.63) is 65.7 Å². The quantitative estimate of drug-likeness (QED) is 0.811. The third-order valence-electron chi connectivity index (χ3n) is 4.80. The van der Waals surface area contributed by atoms with Crippen LogP contribution in [0, 0.1) is 5.92 Å². The molecule has 0 N–H and O–H groups in total. The number of carbonyl (C=O) groups is 1. The van der Waals surface area contributed by atoms with E-state index in [1.807, 2.05) is 30.3 Å². The van der Waals surface area contributed by atoms with E-state index in [0.29, 0.717) is 12.2 Å². The third kappa shape index (κ3) is 4.45. The monoisotopic (exact) mass is 323 g/mol. The molecule has 3 rings (SSSR count). The maximum atomic E-state index is 12.6. The average Bonchev–Trinajstić information content (AvgIpc) is 2.63. The van der Waals surface area contributed by atoms with Crippen molar-refractivity contribution in [1.82, 2.24) is 4.90 Å². The Morgan fingerprint density at radius 2 is 1.75 bits per heavy atom. The van der Waals surface area contributed by atoms with Crippen molar-refractivity contribution in [1.29, 1.82) is 0 Å². The molecule has 0 amide bonds. The third-order valence-corrected chi connectivity index (χ3v) is 4.80. The standard InChI is InChI=1S/C21H25NO2/c1-24-20-9-5-8-18(14-20)15-21(23)19-10-12-22(13-11-19)16-17-6-3-2-4-7-17/h2-9,14,19H,10-13,15-16H2,1H3. The molecule has 2 aromatic rings. The predicted octanol–water partition coefficient (Wildman–Crippen LogP) is 3.72. The van der Waals surface area contributed by atoms with Crippen LogP contribution in [-0.4, -0.2) is 30.9 Å². The average molecular weight is 323 g/mol. The van der Waals surface area contributed by atoms with E-state index in [1.54, 1.807) is 7.11 Å². The predicted molar refractivity (Wildman–Crippen MR) is 96.1 cm³/mol. The van der Waals surface area contributed by atoms with Gasteiger partial charge in [0.2, 0.25) is 0 Å². The van der Waals surface area contributed by atoms with E-state index in [1.165, 1.54) is 5.56 Å². The van der Waals surface area contributed by atoms with Gasteiger partial charge >= 0.3 is 0 Å². The summed E-state index contributed by atoms with van der Waals surface area (Å²) in [5, 5.41) is 0. The second-order valence-electron chi connectivity index (χ2n) is 6.53. The van der Waals surface area contributed by atoms with Crippen molar-refractivity contribution >= 4 is 5.78 Å². The lowest BCUT2D eigenvalue weighted by Crippen LogP contribution is -2.36. The highest BCUT2D eigenvalue weighted by Crippen LogP contribution is 2.22. The molecule has 1 aliphatic heterocycles. The van der Waals surface area contributed by atoms with Crippen molar-refractivity contribution < 1.29 is 9.53 Å². The van der Waals surface area contributed by atoms with E-state index in [-0.39, 0.29) is 5.92 Å². The van der Waals surface area contributed by atoms with Gasteiger partial charge in [-0.15, -0.1) is 0 Å². The van der Waals surface area contributed by atoms with E-state index < -0.39 is 0 Å². The van der Waals surface area contributed by atoms with Crippen LogP contribution in [0.3, 0.4) is 0 Å². The Morgan fingerprint density at radius 1 is 1.04 bits per heavy atom. The number of nitrogens with zero attached hydrogens (tertiary/aromatic N) is 1. The van der Waals surface area contributed by atoms with Gasteiger partial charge in [0.15, 0.2) is 0 Å². The molecule has 3 nitrogen and oxygen atoms in total. The molecule has 126 valence electrons. The number of ketones is 1. The number of benzene rings is 2. The van der Waals surface area contributed by atoms with Gasteiger partial charge in [0.25, 0.3) is 0 Å². The first-order chi connectivity index (χ1) is 11.7.